The Morgan fingerprint density at radius 2 is 2.29 bits per heavy atom. The van der Waals surface area contributed by atoms with Gasteiger partial charge in [-0.15, -0.1) is 5.10 Å². The lowest BCUT2D eigenvalue weighted by Crippen LogP contribution is -2.13. The second kappa shape index (κ2) is 4.38. The summed E-state index contributed by atoms with van der Waals surface area (Å²) in [5.74, 6) is -0.414. The van der Waals surface area contributed by atoms with Crippen molar-refractivity contribution in [1.29, 1.82) is 0 Å². The van der Waals surface area contributed by atoms with Crippen molar-refractivity contribution < 1.29 is 9.90 Å². The number of carbonyl (C=O) groups is 1. The van der Waals surface area contributed by atoms with E-state index in [0.717, 1.165) is 0 Å². The van der Waals surface area contributed by atoms with Crippen LogP contribution in [0.1, 0.15) is 10.4 Å². The van der Waals surface area contributed by atoms with Crippen molar-refractivity contribution >= 4 is 23.5 Å². The Morgan fingerprint density at radius 1 is 1.53 bits per heavy atom. The zero-order valence-corrected chi connectivity index (χ0v) is 9.51. The van der Waals surface area contributed by atoms with Crippen molar-refractivity contribution in [2.24, 2.45) is 7.05 Å². The highest BCUT2D eigenvalue weighted by atomic mass is 35.5. The molecule has 1 aromatic carbocycles. The number of anilines is 1. The van der Waals surface area contributed by atoms with Crippen LogP contribution in [0.3, 0.4) is 0 Å². The molecule has 0 fully saturated rings. The molecule has 1 heterocycles. The molecule has 8 heteroatoms. The predicted molar refractivity (Wildman–Crippen MR) is 59.9 cm³/mol. The molecule has 0 aliphatic heterocycles. The van der Waals surface area contributed by atoms with Crippen molar-refractivity contribution in [2.45, 2.75) is 0 Å². The predicted octanol–water partition coefficient (Wildman–Crippen LogP) is 0.821. The second-order valence-corrected chi connectivity index (χ2v) is 3.63. The highest BCUT2D eigenvalue weighted by Gasteiger charge is 2.10. The standard InChI is InChI=1S/C9H8ClN5O2/c1-15-13-9(12-14-15)11-8(17)5-2-3-7(16)6(10)4-5/h2-4,16H,1H3,(H,11,13,17). The Kier molecular flexibility index (Phi) is 2.92. The lowest BCUT2D eigenvalue weighted by atomic mass is 10.2. The van der Waals surface area contributed by atoms with Crippen LogP contribution in [-0.2, 0) is 7.05 Å². The molecule has 7 nitrogen and oxygen atoms in total. The fourth-order valence-corrected chi connectivity index (χ4v) is 1.34. The number of amides is 1. The quantitative estimate of drug-likeness (QED) is 0.827. The molecule has 0 aliphatic rings. The maximum atomic E-state index is 11.7. The van der Waals surface area contributed by atoms with Gasteiger partial charge >= 0.3 is 0 Å². The number of benzene rings is 1. The summed E-state index contributed by atoms with van der Waals surface area (Å²) < 4.78 is 0. The molecule has 2 rings (SSSR count). The molecule has 0 atom stereocenters. The monoisotopic (exact) mass is 253 g/mol. The van der Waals surface area contributed by atoms with E-state index in [0.29, 0.717) is 5.56 Å². The van der Waals surface area contributed by atoms with E-state index in [4.69, 9.17) is 11.6 Å². The minimum atomic E-state index is -0.431. The molecule has 2 aromatic rings. The topological polar surface area (TPSA) is 92.9 Å². The van der Waals surface area contributed by atoms with Gasteiger partial charge in [-0.25, -0.2) is 0 Å². The molecule has 88 valence electrons. The summed E-state index contributed by atoms with van der Waals surface area (Å²) in [7, 11) is 1.58. The average Bonchev–Trinajstić information content (AvgIpc) is 2.68. The number of aromatic hydroxyl groups is 1. The Hall–Kier alpha value is -2.15. The van der Waals surface area contributed by atoms with Crippen LogP contribution in [0.15, 0.2) is 18.2 Å². The molecule has 0 spiro atoms. The van der Waals surface area contributed by atoms with Gasteiger partial charge in [-0.2, -0.15) is 4.80 Å². The van der Waals surface area contributed by atoms with Crippen LogP contribution < -0.4 is 5.32 Å². The van der Waals surface area contributed by atoms with Crippen molar-refractivity contribution in [3.8, 4) is 5.75 Å². The summed E-state index contributed by atoms with van der Waals surface area (Å²) in [6.07, 6.45) is 0. The third-order valence-corrected chi connectivity index (χ3v) is 2.25. The Bertz CT molecular complexity index is 568. The summed E-state index contributed by atoms with van der Waals surface area (Å²) >= 11 is 5.69. The maximum absolute atomic E-state index is 11.7. The molecule has 0 aliphatic carbocycles. The number of hydrogen-bond donors (Lipinski definition) is 2. The lowest BCUT2D eigenvalue weighted by Gasteiger charge is -2.02. The van der Waals surface area contributed by atoms with E-state index in [2.05, 4.69) is 20.7 Å². The zero-order valence-electron chi connectivity index (χ0n) is 8.75. The number of nitrogens with zero attached hydrogens (tertiary/aromatic N) is 4. The summed E-state index contributed by atoms with van der Waals surface area (Å²) in [5.41, 5.74) is 0.292. The number of halogens is 1. The minimum Gasteiger partial charge on any atom is -0.506 e. The van der Waals surface area contributed by atoms with Crippen LogP contribution in [0, 0.1) is 0 Å². The van der Waals surface area contributed by atoms with Crippen molar-refractivity contribution in [1.82, 2.24) is 20.2 Å². The van der Waals surface area contributed by atoms with Crippen LogP contribution in [0.2, 0.25) is 5.02 Å². The summed E-state index contributed by atoms with van der Waals surface area (Å²) in [5, 5.41) is 22.7. The van der Waals surface area contributed by atoms with Gasteiger partial charge in [0.1, 0.15) is 5.75 Å². The van der Waals surface area contributed by atoms with Crippen molar-refractivity contribution in [3.63, 3.8) is 0 Å². The van der Waals surface area contributed by atoms with Gasteiger partial charge in [0.05, 0.1) is 12.1 Å². The van der Waals surface area contributed by atoms with Gasteiger partial charge in [-0.3, -0.25) is 10.1 Å². The molecule has 17 heavy (non-hydrogen) atoms. The molecule has 1 amide bonds. The van der Waals surface area contributed by atoms with Gasteiger partial charge < -0.3 is 5.11 Å². The fraction of sp³-hybridized carbons (Fsp3) is 0.111. The molecular weight excluding hydrogens is 246 g/mol. The van der Waals surface area contributed by atoms with E-state index >= 15 is 0 Å². The number of tetrazole rings is 1. The van der Waals surface area contributed by atoms with E-state index in [1.54, 1.807) is 7.05 Å². The molecule has 0 saturated heterocycles. The zero-order chi connectivity index (χ0) is 12.4. The molecule has 0 radical (unpaired) electrons. The molecule has 0 unspecified atom stereocenters. The van der Waals surface area contributed by atoms with Crippen molar-refractivity contribution in [2.75, 3.05) is 5.32 Å². The van der Waals surface area contributed by atoms with Gasteiger partial charge in [0, 0.05) is 5.56 Å². The number of carbonyl (C=O) groups excluding carboxylic acids is 1. The van der Waals surface area contributed by atoms with E-state index < -0.39 is 5.91 Å². The number of aryl methyl sites for hydroxylation is 1. The maximum Gasteiger partial charge on any atom is 0.270 e. The first-order chi connectivity index (χ1) is 8.06. The van der Waals surface area contributed by atoms with E-state index in [1.807, 2.05) is 0 Å². The summed E-state index contributed by atoms with van der Waals surface area (Å²) in [6, 6.07) is 4.12. The van der Waals surface area contributed by atoms with E-state index in [1.165, 1.54) is 23.0 Å². The van der Waals surface area contributed by atoms with Crippen LogP contribution in [-0.4, -0.2) is 31.2 Å². The van der Waals surface area contributed by atoms with Gasteiger partial charge in [-0.05, 0) is 23.4 Å². The Balaban J connectivity index is 2.17. The number of aromatic nitrogens is 4. The Labute approximate surface area is 101 Å². The third kappa shape index (κ3) is 2.51. The highest BCUT2D eigenvalue weighted by molar-refractivity contribution is 6.32. The molecule has 0 saturated carbocycles. The van der Waals surface area contributed by atoms with E-state index in [-0.39, 0.29) is 16.7 Å². The van der Waals surface area contributed by atoms with Crippen LogP contribution in [0.5, 0.6) is 5.75 Å². The molecule has 2 N–H and O–H groups in total. The van der Waals surface area contributed by atoms with Gasteiger partial charge in [0.2, 0.25) is 0 Å². The van der Waals surface area contributed by atoms with Gasteiger partial charge in [0.25, 0.3) is 11.9 Å². The summed E-state index contributed by atoms with van der Waals surface area (Å²) in [4.78, 5) is 12.9. The van der Waals surface area contributed by atoms with Crippen molar-refractivity contribution in [3.05, 3.63) is 28.8 Å². The number of nitrogens with one attached hydrogen (secondary N) is 1. The van der Waals surface area contributed by atoms with E-state index in [9.17, 15) is 9.90 Å². The molecule has 1 aromatic heterocycles. The number of hydrogen-bond acceptors (Lipinski definition) is 5. The third-order valence-electron chi connectivity index (χ3n) is 1.94. The fourth-order valence-electron chi connectivity index (χ4n) is 1.16. The SMILES string of the molecule is Cn1nnc(NC(=O)c2ccc(O)c(Cl)c2)n1. The molecule has 0 bridgehead atoms. The minimum absolute atomic E-state index is 0.0826. The average molecular weight is 254 g/mol. The first-order valence-corrected chi connectivity index (χ1v) is 4.98. The highest BCUT2D eigenvalue weighted by Crippen LogP contribution is 2.23. The first kappa shape index (κ1) is 11.3. The summed E-state index contributed by atoms with van der Waals surface area (Å²) in [6.45, 7) is 0. The molecular formula is C9H8ClN5O2. The largest absolute Gasteiger partial charge is 0.506 e. The normalized spacial score (nSPS) is 10.2. The van der Waals surface area contributed by atoms with Gasteiger partial charge in [0.15, 0.2) is 0 Å². The van der Waals surface area contributed by atoms with Crippen LogP contribution >= 0.6 is 11.6 Å². The Morgan fingerprint density at radius 3 is 2.88 bits per heavy atom. The number of phenolic OH excluding ortho intramolecular Hbond substituents is 1. The van der Waals surface area contributed by atoms with Crippen LogP contribution in [0.25, 0.3) is 0 Å². The number of rotatable bonds is 2. The van der Waals surface area contributed by atoms with Gasteiger partial charge in [-0.1, -0.05) is 16.7 Å². The second-order valence-electron chi connectivity index (χ2n) is 3.22. The lowest BCUT2D eigenvalue weighted by molar-refractivity contribution is 0.102. The number of phenols is 1. The first-order valence-electron chi connectivity index (χ1n) is 4.60. The van der Waals surface area contributed by atoms with Crippen LogP contribution in [0.4, 0.5) is 5.95 Å². The smallest absolute Gasteiger partial charge is 0.270 e.